The van der Waals surface area contributed by atoms with Crippen molar-refractivity contribution in [2.75, 3.05) is 10.6 Å². The minimum absolute atomic E-state index is 0.569. The molecule has 120 valence electrons. The van der Waals surface area contributed by atoms with Gasteiger partial charge < -0.3 is 15.6 Å². The third-order valence-electron chi connectivity index (χ3n) is 3.74. The van der Waals surface area contributed by atoms with Crippen molar-refractivity contribution in [2.45, 2.75) is 13.5 Å². The first-order chi connectivity index (χ1) is 11.8. The molecule has 0 aliphatic carbocycles. The van der Waals surface area contributed by atoms with Crippen LogP contribution in [0.4, 0.5) is 17.6 Å². The Morgan fingerprint density at radius 1 is 1.12 bits per heavy atom. The fourth-order valence-electron chi connectivity index (χ4n) is 2.61. The van der Waals surface area contributed by atoms with Crippen molar-refractivity contribution in [1.29, 1.82) is 0 Å². The van der Waals surface area contributed by atoms with Crippen molar-refractivity contribution in [2.24, 2.45) is 0 Å². The van der Waals surface area contributed by atoms with Gasteiger partial charge in [-0.15, -0.1) is 0 Å². The number of fused-ring (bicyclic) bond motifs is 1. The molecule has 0 bridgehead atoms. The molecule has 4 aromatic rings. The summed E-state index contributed by atoms with van der Waals surface area (Å²) in [7, 11) is 0. The van der Waals surface area contributed by atoms with E-state index in [9.17, 15) is 0 Å². The van der Waals surface area contributed by atoms with Crippen molar-refractivity contribution in [3.8, 4) is 0 Å². The molecule has 3 aromatic heterocycles. The minimum atomic E-state index is 0.569. The first kappa shape index (κ1) is 14.3. The number of benzene rings is 1. The summed E-state index contributed by atoms with van der Waals surface area (Å²) in [5.74, 6) is 1.99. The largest absolute Gasteiger partial charge is 0.361 e. The Kier molecular flexibility index (Phi) is 3.59. The lowest BCUT2D eigenvalue weighted by Gasteiger charge is -2.08. The smallest absolute Gasteiger partial charge is 0.224 e. The molecule has 24 heavy (non-hydrogen) atoms. The van der Waals surface area contributed by atoms with Gasteiger partial charge in [-0.05, 0) is 30.7 Å². The second-order valence-corrected chi connectivity index (χ2v) is 5.54. The van der Waals surface area contributed by atoms with E-state index in [1.54, 1.807) is 6.20 Å². The molecule has 4 N–H and O–H groups in total. The topological polar surface area (TPSA) is 94.3 Å². The second kappa shape index (κ2) is 6.04. The fourth-order valence-corrected chi connectivity index (χ4v) is 2.61. The van der Waals surface area contributed by atoms with Crippen molar-refractivity contribution in [3.63, 3.8) is 0 Å². The highest BCUT2D eigenvalue weighted by Crippen LogP contribution is 2.19. The summed E-state index contributed by atoms with van der Waals surface area (Å²) in [5.41, 5.74) is 3.31. The van der Waals surface area contributed by atoms with Crippen LogP contribution in [0.25, 0.3) is 10.9 Å². The number of hydrogen-bond donors (Lipinski definition) is 4. The van der Waals surface area contributed by atoms with E-state index in [1.165, 1.54) is 10.9 Å². The van der Waals surface area contributed by atoms with Crippen LogP contribution in [0.5, 0.6) is 0 Å². The highest BCUT2D eigenvalue weighted by molar-refractivity contribution is 5.83. The van der Waals surface area contributed by atoms with Crippen molar-refractivity contribution in [3.05, 3.63) is 60.0 Å². The zero-order valence-electron chi connectivity index (χ0n) is 13.2. The maximum Gasteiger partial charge on any atom is 0.224 e. The van der Waals surface area contributed by atoms with E-state index in [4.69, 9.17) is 0 Å². The van der Waals surface area contributed by atoms with E-state index in [0.29, 0.717) is 18.3 Å². The molecule has 0 amide bonds. The Morgan fingerprint density at radius 2 is 2.08 bits per heavy atom. The molecule has 0 spiro atoms. The van der Waals surface area contributed by atoms with Crippen molar-refractivity contribution in [1.82, 2.24) is 25.1 Å². The van der Waals surface area contributed by atoms with Crippen LogP contribution < -0.4 is 10.6 Å². The fraction of sp³-hybridized carbons (Fsp3) is 0.118. The molecule has 4 rings (SSSR count). The molecular weight excluding hydrogens is 302 g/mol. The van der Waals surface area contributed by atoms with Gasteiger partial charge in [0.15, 0.2) is 5.82 Å². The van der Waals surface area contributed by atoms with Crippen molar-refractivity contribution >= 4 is 28.5 Å². The molecule has 0 fully saturated rings. The van der Waals surface area contributed by atoms with Gasteiger partial charge in [0.2, 0.25) is 5.95 Å². The van der Waals surface area contributed by atoms with Crippen LogP contribution in [0.15, 0.2) is 48.8 Å². The molecule has 0 aliphatic heterocycles. The number of anilines is 3. The van der Waals surface area contributed by atoms with E-state index in [-0.39, 0.29) is 0 Å². The average Bonchev–Trinajstić information content (AvgIpc) is 3.22. The summed E-state index contributed by atoms with van der Waals surface area (Å²) in [6.45, 7) is 2.60. The number of nitrogens with one attached hydrogen (secondary N) is 4. The lowest BCUT2D eigenvalue weighted by Crippen LogP contribution is -2.05. The zero-order valence-corrected chi connectivity index (χ0v) is 13.2. The summed E-state index contributed by atoms with van der Waals surface area (Å²) in [5, 5.41) is 14.7. The molecule has 0 aliphatic rings. The van der Waals surface area contributed by atoms with Gasteiger partial charge in [-0.2, -0.15) is 10.1 Å². The van der Waals surface area contributed by atoms with Crippen LogP contribution >= 0.6 is 0 Å². The quantitative estimate of drug-likeness (QED) is 0.452. The van der Waals surface area contributed by atoms with Gasteiger partial charge >= 0.3 is 0 Å². The Labute approximate surface area is 138 Å². The molecular formula is C17H17N7. The molecule has 7 nitrogen and oxygen atoms in total. The third-order valence-corrected chi connectivity index (χ3v) is 3.74. The first-order valence-electron chi connectivity index (χ1n) is 7.69. The Balaban J connectivity index is 1.49. The van der Waals surface area contributed by atoms with E-state index in [2.05, 4.69) is 54.0 Å². The highest BCUT2D eigenvalue weighted by Gasteiger charge is 2.04. The maximum atomic E-state index is 4.47. The van der Waals surface area contributed by atoms with Crippen LogP contribution in [0, 0.1) is 6.92 Å². The molecule has 0 saturated carbocycles. The SMILES string of the molecule is Cc1cc(Nc2ccnc(NCc3cccc4[nH]ccc34)n2)n[nH]1. The lowest BCUT2D eigenvalue weighted by atomic mass is 10.1. The predicted molar refractivity (Wildman–Crippen MR) is 94.3 cm³/mol. The number of aromatic nitrogens is 5. The third kappa shape index (κ3) is 2.91. The van der Waals surface area contributed by atoms with Gasteiger partial charge in [0.25, 0.3) is 0 Å². The molecule has 3 heterocycles. The summed E-state index contributed by atoms with van der Waals surface area (Å²) >= 11 is 0. The van der Waals surface area contributed by atoms with Crippen LogP contribution in [0.1, 0.15) is 11.3 Å². The van der Waals surface area contributed by atoms with Gasteiger partial charge in [0.05, 0.1) is 0 Å². The number of aryl methyl sites for hydroxylation is 1. The van der Waals surface area contributed by atoms with Gasteiger partial charge in [-0.25, -0.2) is 4.98 Å². The predicted octanol–water partition coefficient (Wildman–Crippen LogP) is 3.35. The molecule has 0 unspecified atom stereocenters. The van der Waals surface area contributed by atoms with E-state index in [0.717, 1.165) is 17.0 Å². The maximum absolute atomic E-state index is 4.47. The van der Waals surface area contributed by atoms with Crippen LogP contribution in [-0.2, 0) is 6.54 Å². The lowest BCUT2D eigenvalue weighted by molar-refractivity contribution is 1.04. The number of rotatable bonds is 5. The van der Waals surface area contributed by atoms with Gasteiger partial charge in [0.1, 0.15) is 5.82 Å². The Morgan fingerprint density at radius 3 is 2.96 bits per heavy atom. The Bertz CT molecular complexity index is 970. The minimum Gasteiger partial charge on any atom is -0.361 e. The van der Waals surface area contributed by atoms with Gasteiger partial charge in [-0.3, -0.25) is 5.10 Å². The van der Waals surface area contributed by atoms with E-state index < -0.39 is 0 Å². The van der Waals surface area contributed by atoms with Gasteiger partial charge in [0, 0.05) is 41.6 Å². The first-order valence-corrected chi connectivity index (χ1v) is 7.69. The zero-order chi connectivity index (χ0) is 16.4. The van der Waals surface area contributed by atoms with Crippen LogP contribution in [0.3, 0.4) is 0 Å². The number of nitrogens with zero attached hydrogens (tertiary/aromatic N) is 3. The Hall–Kier alpha value is -3.35. The number of hydrogen-bond acceptors (Lipinski definition) is 5. The van der Waals surface area contributed by atoms with E-state index >= 15 is 0 Å². The summed E-state index contributed by atoms with van der Waals surface area (Å²) < 4.78 is 0. The van der Waals surface area contributed by atoms with E-state index in [1.807, 2.05) is 31.3 Å². The van der Waals surface area contributed by atoms with Crippen LogP contribution in [0.2, 0.25) is 0 Å². The normalized spacial score (nSPS) is 10.9. The number of aromatic amines is 2. The summed E-state index contributed by atoms with van der Waals surface area (Å²) in [6.07, 6.45) is 3.66. The second-order valence-electron chi connectivity index (χ2n) is 5.54. The number of H-pyrrole nitrogens is 2. The van der Waals surface area contributed by atoms with Crippen molar-refractivity contribution < 1.29 is 0 Å². The molecule has 0 saturated heterocycles. The highest BCUT2D eigenvalue weighted by atomic mass is 15.2. The van der Waals surface area contributed by atoms with Gasteiger partial charge in [-0.1, -0.05) is 12.1 Å². The average molecular weight is 319 g/mol. The monoisotopic (exact) mass is 319 g/mol. The molecule has 0 atom stereocenters. The summed E-state index contributed by atoms with van der Waals surface area (Å²) in [4.78, 5) is 12.0. The van der Waals surface area contributed by atoms with Crippen LogP contribution in [-0.4, -0.2) is 25.1 Å². The molecule has 0 radical (unpaired) electrons. The standard InChI is InChI=1S/C17H17N7/c1-11-9-16(24-23-11)21-15-6-8-19-17(22-15)20-10-12-3-2-4-14-13(12)5-7-18-14/h2-9,18H,10H2,1H3,(H3,19,20,21,22,23,24). The molecule has 1 aromatic carbocycles. The molecule has 7 heteroatoms. The summed E-state index contributed by atoms with van der Waals surface area (Å²) in [6, 6.07) is 12.0.